The number of pyridine rings is 1. The number of aliphatic hydroxyl groups is 1. The SMILES string of the molecule is NC[C@H](N)c1cccnc1CO. The van der Waals surface area contributed by atoms with E-state index in [1.54, 1.807) is 12.3 Å². The number of aliphatic hydroxyl groups excluding tert-OH is 1. The van der Waals surface area contributed by atoms with Crippen molar-refractivity contribution in [3.63, 3.8) is 0 Å². The van der Waals surface area contributed by atoms with Gasteiger partial charge in [0, 0.05) is 18.8 Å². The Kier molecular flexibility index (Phi) is 3.16. The van der Waals surface area contributed by atoms with Gasteiger partial charge >= 0.3 is 0 Å². The van der Waals surface area contributed by atoms with Crippen LogP contribution in [0.15, 0.2) is 18.3 Å². The molecule has 0 aliphatic rings. The molecule has 0 amide bonds. The van der Waals surface area contributed by atoms with Crippen LogP contribution in [-0.4, -0.2) is 16.6 Å². The molecular formula is C8H13N3O. The Hall–Kier alpha value is -0.970. The maximum absolute atomic E-state index is 8.90. The largest absolute Gasteiger partial charge is 0.390 e. The van der Waals surface area contributed by atoms with Crippen molar-refractivity contribution in [2.45, 2.75) is 12.6 Å². The number of hydrogen-bond acceptors (Lipinski definition) is 4. The van der Waals surface area contributed by atoms with E-state index in [-0.39, 0.29) is 12.6 Å². The zero-order valence-corrected chi connectivity index (χ0v) is 6.77. The lowest BCUT2D eigenvalue weighted by Gasteiger charge is -2.11. The molecule has 12 heavy (non-hydrogen) atoms. The topological polar surface area (TPSA) is 85.2 Å². The molecule has 5 N–H and O–H groups in total. The molecule has 1 aromatic rings. The molecule has 0 saturated carbocycles. The molecule has 1 atom stereocenters. The van der Waals surface area contributed by atoms with Gasteiger partial charge in [0.15, 0.2) is 0 Å². The van der Waals surface area contributed by atoms with E-state index in [0.29, 0.717) is 12.2 Å². The Bertz CT molecular complexity index is 252. The van der Waals surface area contributed by atoms with Crippen molar-refractivity contribution >= 4 is 0 Å². The first kappa shape index (κ1) is 9.12. The van der Waals surface area contributed by atoms with Crippen LogP contribution in [0.4, 0.5) is 0 Å². The summed E-state index contributed by atoms with van der Waals surface area (Å²) in [6.07, 6.45) is 1.62. The average Bonchev–Trinajstić information content (AvgIpc) is 2.16. The summed E-state index contributed by atoms with van der Waals surface area (Å²) in [6.45, 7) is 0.266. The summed E-state index contributed by atoms with van der Waals surface area (Å²) in [6, 6.07) is 3.38. The quantitative estimate of drug-likeness (QED) is 0.568. The molecule has 1 heterocycles. The highest BCUT2D eigenvalue weighted by Gasteiger charge is 2.08. The maximum atomic E-state index is 8.90. The van der Waals surface area contributed by atoms with Gasteiger partial charge in [-0.15, -0.1) is 0 Å². The van der Waals surface area contributed by atoms with Gasteiger partial charge in [0.2, 0.25) is 0 Å². The van der Waals surface area contributed by atoms with E-state index in [0.717, 1.165) is 5.56 Å². The fraction of sp³-hybridized carbons (Fsp3) is 0.375. The van der Waals surface area contributed by atoms with Crippen molar-refractivity contribution in [1.29, 1.82) is 0 Å². The van der Waals surface area contributed by atoms with Crippen LogP contribution in [0, 0.1) is 0 Å². The minimum Gasteiger partial charge on any atom is -0.390 e. The van der Waals surface area contributed by atoms with Gasteiger partial charge in [0.05, 0.1) is 12.3 Å². The van der Waals surface area contributed by atoms with Crippen molar-refractivity contribution < 1.29 is 5.11 Å². The highest BCUT2D eigenvalue weighted by molar-refractivity contribution is 5.22. The summed E-state index contributed by atoms with van der Waals surface area (Å²) in [7, 11) is 0. The van der Waals surface area contributed by atoms with Gasteiger partial charge in [-0.3, -0.25) is 4.98 Å². The van der Waals surface area contributed by atoms with Crippen molar-refractivity contribution in [3.8, 4) is 0 Å². The lowest BCUT2D eigenvalue weighted by atomic mass is 10.1. The minimum atomic E-state index is -0.235. The predicted molar refractivity (Wildman–Crippen MR) is 46.1 cm³/mol. The van der Waals surface area contributed by atoms with Gasteiger partial charge in [-0.1, -0.05) is 6.07 Å². The molecular weight excluding hydrogens is 154 g/mol. The normalized spacial score (nSPS) is 12.9. The standard InChI is InChI=1S/C8H13N3O/c9-4-7(10)6-2-1-3-11-8(6)5-12/h1-3,7,12H,4-5,9-10H2/t7-/m0/s1. The third-order valence-electron chi connectivity index (χ3n) is 1.73. The molecule has 0 unspecified atom stereocenters. The molecule has 4 nitrogen and oxygen atoms in total. The molecule has 0 aliphatic heterocycles. The van der Waals surface area contributed by atoms with Gasteiger partial charge in [0.1, 0.15) is 0 Å². The van der Waals surface area contributed by atoms with Crippen molar-refractivity contribution in [1.82, 2.24) is 4.98 Å². The van der Waals surface area contributed by atoms with Crippen molar-refractivity contribution in [3.05, 3.63) is 29.6 Å². The van der Waals surface area contributed by atoms with Gasteiger partial charge in [0.25, 0.3) is 0 Å². The van der Waals surface area contributed by atoms with Crippen molar-refractivity contribution in [2.24, 2.45) is 11.5 Å². The van der Waals surface area contributed by atoms with Crippen LogP contribution in [0.1, 0.15) is 17.3 Å². The second-order valence-corrected chi connectivity index (χ2v) is 2.54. The van der Waals surface area contributed by atoms with Gasteiger partial charge in [-0.05, 0) is 11.6 Å². The number of hydrogen-bond donors (Lipinski definition) is 3. The number of nitrogens with zero attached hydrogens (tertiary/aromatic N) is 1. The molecule has 0 saturated heterocycles. The molecule has 0 radical (unpaired) electrons. The Morgan fingerprint density at radius 3 is 2.92 bits per heavy atom. The number of aromatic nitrogens is 1. The van der Waals surface area contributed by atoms with Gasteiger partial charge < -0.3 is 16.6 Å². The van der Waals surface area contributed by atoms with E-state index < -0.39 is 0 Å². The van der Waals surface area contributed by atoms with Gasteiger partial charge in [-0.25, -0.2) is 0 Å². The Morgan fingerprint density at radius 1 is 1.58 bits per heavy atom. The summed E-state index contributed by atoms with van der Waals surface area (Å²) >= 11 is 0. The van der Waals surface area contributed by atoms with E-state index in [2.05, 4.69) is 4.98 Å². The molecule has 0 bridgehead atoms. The van der Waals surface area contributed by atoms with E-state index >= 15 is 0 Å². The monoisotopic (exact) mass is 167 g/mol. The molecule has 0 aliphatic carbocycles. The number of rotatable bonds is 3. The maximum Gasteiger partial charge on any atom is 0.0856 e. The van der Waals surface area contributed by atoms with Crippen LogP contribution in [0.5, 0.6) is 0 Å². The second kappa shape index (κ2) is 4.15. The van der Waals surface area contributed by atoms with E-state index in [1.165, 1.54) is 0 Å². The summed E-state index contributed by atoms with van der Waals surface area (Å²) in [5.41, 5.74) is 12.5. The first-order valence-corrected chi connectivity index (χ1v) is 3.80. The Balaban J connectivity index is 2.96. The van der Waals surface area contributed by atoms with Crippen LogP contribution < -0.4 is 11.5 Å². The van der Waals surface area contributed by atoms with Crippen LogP contribution in [0.3, 0.4) is 0 Å². The summed E-state index contributed by atoms with van der Waals surface area (Å²) in [5, 5.41) is 8.90. The highest BCUT2D eigenvalue weighted by Crippen LogP contribution is 2.12. The number of nitrogens with two attached hydrogens (primary N) is 2. The van der Waals surface area contributed by atoms with E-state index in [4.69, 9.17) is 16.6 Å². The minimum absolute atomic E-state index is 0.0934. The third kappa shape index (κ3) is 1.79. The summed E-state index contributed by atoms with van der Waals surface area (Å²) in [5.74, 6) is 0. The van der Waals surface area contributed by atoms with Crippen molar-refractivity contribution in [2.75, 3.05) is 6.54 Å². The van der Waals surface area contributed by atoms with E-state index in [9.17, 15) is 0 Å². The molecule has 0 aromatic carbocycles. The lowest BCUT2D eigenvalue weighted by Crippen LogP contribution is -2.22. The smallest absolute Gasteiger partial charge is 0.0856 e. The molecule has 4 heteroatoms. The molecule has 66 valence electrons. The fourth-order valence-corrected chi connectivity index (χ4v) is 1.05. The first-order valence-electron chi connectivity index (χ1n) is 3.80. The third-order valence-corrected chi connectivity index (χ3v) is 1.73. The van der Waals surface area contributed by atoms with Crippen LogP contribution in [0.2, 0.25) is 0 Å². The fourth-order valence-electron chi connectivity index (χ4n) is 1.05. The Labute approximate surface area is 71.2 Å². The molecule has 0 fully saturated rings. The Morgan fingerprint density at radius 2 is 2.33 bits per heavy atom. The molecule has 0 spiro atoms. The van der Waals surface area contributed by atoms with E-state index in [1.807, 2.05) is 6.07 Å². The second-order valence-electron chi connectivity index (χ2n) is 2.54. The zero-order chi connectivity index (χ0) is 8.97. The van der Waals surface area contributed by atoms with Crippen LogP contribution >= 0.6 is 0 Å². The van der Waals surface area contributed by atoms with Crippen LogP contribution in [0.25, 0.3) is 0 Å². The average molecular weight is 167 g/mol. The molecule has 1 rings (SSSR count). The first-order chi connectivity index (χ1) is 5.79. The lowest BCUT2D eigenvalue weighted by molar-refractivity contribution is 0.274. The van der Waals surface area contributed by atoms with Gasteiger partial charge in [-0.2, -0.15) is 0 Å². The van der Waals surface area contributed by atoms with Crippen LogP contribution in [-0.2, 0) is 6.61 Å². The summed E-state index contributed by atoms with van der Waals surface area (Å²) in [4.78, 5) is 3.98. The highest BCUT2D eigenvalue weighted by atomic mass is 16.3. The predicted octanol–water partition coefficient (Wildman–Crippen LogP) is -0.468. The molecule has 1 aromatic heterocycles. The summed E-state index contributed by atoms with van der Waals surface area (Å²) < 4.78 is 0. The zero-order valence-electron chi connectivity index (χ0n) is 6.77.